The van der Waals surface area contributed by atoms with Crippen molar-refractivity contribution in [1.82, 2.24) is 15.0 Å². The molecule has 130 valence electrons. The highest BCUT2D eigenvalue weighted by Crippen LogP contribution is 2.34. The standard InChI is InChI=1S/C25H15N3/c1-2-7-16(8-3-1)22-20-15-18-13-12-17-9-6-14-26-23(17)24(18)28-25(20)19-10-4-5-11-21(19)27-22/h1-15H. The van der Waals surface area contributed by atoms with Crippen LogP contribution in [0.3, 0.4) is 0 Å². The Balaban J connectivity index is 1.84. The van der Waals surface area contributed by atoms with Crippen molar-refractivity contribution < 1.29 is 0 Å². The zero-order valence-electron chi connectivity index (χ0n) is 15.0. The number of aromatic nitrogens is 3. The first-order chi connectivity index (χ1) is 13.9. The highest BCUT2D eigenvalue weighted by Gasteiger charge is 2.14. The molecule has 0 amide bonds. The summed E-state index contributed by atoms with van der Waals surface area (Å²) in [6.45, 7) is 0. The predicted molar refractivity (Wildman–Crippen MR) is 115 cm³/mol. The second-order valence-corrected chi connectivity index (χ2v) is 6.94. The van der Waals surface area contributed by atoms with Crippen molar-refractivity contribution in [3.8, 4) is 11.3 Å². The van der Waals surface area contributed by atoms with Crippen molar-refractivity contribution in [2.75, 3.05) is 0 Å². The molecular formula is C25H15N3. The summed E-state index contributed by atoms with van der Waals surface area (Å²) in [5, 5.41) is 4.30. The van der Waals surface area contributed by atoms with Gasteiger partial charge in [0.05, 0.1) is 27.8 Å². The van der Waals surface area contributed by atoms with E-state index in [0.717, 1.165) is 54.9 Å². The third kappa shape index (κ3) is 2.20. The molecule has 0 bridgehead atoms. The van der Waals surface area contributed by atoms with Gasteiger partial charge in [-0.05, 0) is 18.2 Å². The highest BCUT2D eigenvalue weighted by molar-refractivity contribution is 6.14. The first kappa shape index (κ1) is 15.2. The molecule has 0 atom stereocenters. The van der Waals surface area contributed by atoms with Crippen LogP contribution < -0.4 is 0 Å². The summed E-state index contributed by atoms with van der Waals surface area (Å²) in [5.41, 5.74) is 5.84. The maximum atomic E-state index is 5.12. The SMILES string of the molecule is c1ccc(-c2nc3ccccc3c3nc4c(ccc5cccnc54)cc23)cc1. The molecule has 3 nitrogen and oxygen atoms in total. The molecule has 6 rings (SSSR count). The van der Waals surface area contributed by atoms with Crippen LogP contribution in [0.1, 0.15) is 0 Å². The number of fused-ring (bicyclic) bond motifs is 6. The number of rotatable bonds is 1. The van der Waals surface area contributed by atoms with Crippen LogP contribution in [0.2, 0.25) is 0 Å². The molecule has 0 radical (unpaired) electrons. The summed E-state index contributed by atoms with van der Waals surface area (Å²) >= 11 is 0. The predicted octanol–water partition coefficient (Wildman–Crippen LogP) is 6.15. The van der Waals surface area contributed by atoms with Gasteiger partial charge in [0.15, 0.2) is 0 Å². The van der Waals surface area contributed by atoms with E-state index in [0.29, 0.717) is 0 Å². The average molecular weight is 357 g/mol. The summed E-state index contributed by atoms with van der Waals surface area (Å²) in [4.78, 5) is 14.7. The molecule has 3 aromatic carbocycles. The topological polar surface area (TPSA) is 38.7 Å². The monoisotopic (exact) mass is 357 g/mol. The summed E-state index contributed by atoms with van der Waals surface area (Å²) in [5.74, 6) is 0. The number of hydrogen-bond donors (Lipinski definition) is 0. The van der Waals surface area contributed by atoms with E-state index in [1.165, 1.54) is 0 Å². The Labute approximate surface area is 161 Å². The lowest BCUT2D eigenvalue weighted by Crippen LogP contribution is -1.93. The van der Waals surface area contributed by atoms with Gasteiger partial charge in [-0.15, -0.1) is 0 Å². The first-order valence-corrected chi connectivity index (χ1v) is 9.31. The third-order valence-corrected chi connectivity index (χ3v) is 5.25. The quantitative estimate of drug-likeness (QED) is 0.262. The molecule has 0 unspecified atom stereocenters. The summed E-state index contributed by atoms with van der Waals surface area (Å²) in [6, 6.07) is 29.0. The Bertz CT molecular complexity index is 1500. The maximum Gasteiger partial charge on any atom is 0.0972 e. The zero-order valence-corrected chi connectivity index (χ0v) is 15.0. The summed E-state index contributed by atoms with van der Waals surface area (Å²) in [6.07, 6.45) is 1.83. The summed E-state index contributed by atoms with van der Waals surface area (Å²) in [7, 11) is 0. The number of para-hydroxylation sites is 1. The third-order valence-electron chi connectivity index (χ3n) is 5.25. The van der Waals surface area contributed by atoms with Crippen LogP contribution in [0.25, 0.3) is 54.9 Å². The minimum atomic E-state index is 0.931. The number of benzene rings is 3. The van der Waals surface area contributed by atoms with E-state index >= 15 is 0 Å². The van der Waals surface area contributed by atoms with Crippen LogP contribution in [0.15, 0.2) is 91.1 Å². The van der Waals surface area contributed by atoms with Crippen LogP contribution >= 0.6 is 0 Å². The highest BCUT2D eigenvalue weighted by atomic mass is 14.8. The maximum absolute atomic E-state index is 5.12. The van der Waals surface area contributed by atoms with Crippen molar-refractivity contribution >= 4 is 43.6 Å². The van der Waals surface area contributed by atoms with Gasteiger partial charge in [0, 0.05) is 33.3 Å². The van der Waals surface area contributed by atoms with E-state index < -0.39 is 0 Å². The van der Waals surface area contributed by atoms with Crippen LogP contribution in [0, 0.1) is 0 Å². The fourth-order valence-electron chi connectivity index (χ4n) is 3.93. The molecule has 6 aromatic rings. The number of pyridine rings is 3. The second kappa shape index (κ2) is 5.83. The van der Waals surface area contributed by atoms with Gasteiger partial charge in [-0.3, -0.25) is 4.98 Å². The van der Waals surface area contributed by atoms with Gasteiger partial charge in [-0.2, -0.15) is 0 Å². The molecule has 3 heteroatoms. The Hall–Kier alpha value is -3.85. The number of hydrogen-bond acceptors (Lipinski definition) is 3. The molecule has 0 aliphatic heterocycles. The molecule has 0 aliphatic rings. The van der Waals surface area contributed by atoms with Crippen molar-refractivity contribution in [3.05, 3.63) is 91.1 Å². The van der Waals surface area contributed by atoms with Gasteiger partial charge < -0.3 is 0 Å². The van der Waals surface area contributed by atoms with E-state index in [9.17, 15) is 0 Å². The van der Waals surface area contributed by atoms with Crippen LogP contribution in [0.5, 0.6) is 0 Å². The lowest BCUT2D eigenvalue weighted by atomic mass is 10.0. The lowest BCUT2D eigenvalue weighted by molar-refractivity contribution is 1.39. The van der Waals surface area contributed by atoms with E-state index in [4.69, 9.17) is 9.97 Å². The molecule has 0 saturated heterocycles. The largest absolute Gasteiger partial charge is 0.254 e. The van der Waals surface area contributed by atoms with E-state index in [1.807, 2.05) is 42.6 Å². The van der Waals surface area contributed by atoms with Gasteiger partial charge in [-0.1, -0.05) is 66.7 Å². The lowest BCUT2D eigenvalue weighted by Gasteiger charge is -2.11. The Morgan fingerprint density at radius 1 is 0.536 bits per heavy atom. The van der Waals surface area contributed by atoms with E-state index in [-0.39, 0.29) is 0 Å². The Kier molecular flexibility index (Phi) is 3.17. The number of nitrogens with zero attached hydrogens (tertiary/aromatic N) is 3. The Morgan fingerprint density at radius 2 is 1.36 bits per heavy atom. The van der Waals surface area contributed by atoms with Gasteiger partial charge in [-0.25, -0.2) is 9.97 Å². The molecule has 0 saturated carbocycles. The molecule has 0 spiro atoms. The van der Waals surface area contributed by atoms with Gasteiger partial charge in [0.2, 0.25) is 0 Å². The van der Waals surface area contributed by atoms with Gasteiger partial charge in [0.25, 0.3) is 0 Å². The van der Waals surface area contributed by atoms with Gasteiger partial charge >= 0.3 is 0 Å². The fraction of sp³-hybridized carbons (Fsp3) is 0. The van der Waals surface area contributed by atoms with Crippen molar-refractivity contribution in [3.63, 3.8) is 0 Å². The normalized spacial score (nSPS) is 11.6. The summed E-state index contributed by atoms with van der Waals surface area (Å²) < 4.78 is 0. The molecule has 3 heterocycles. The van der Waals surface area contributed by atoms with Crippen molar-refractivity contribution in [1.29, 1.82) is 0 Å². The molecule has 0 fully saturated rings. The first-order valence-electron chi connectivity index (χ1n) is 9.31. The smallest absolute Gasteiger partial charge is 0.0972 e. The molecule has 0 N–H and O–H groups in total. The van der Waals surface area contributed by atoms with E-state index in [1.54, 1.807) is 0 Å². The fourth-order valence-corrected chi connectivity index (χ4v) is 3.93. The van der Waals surface area contributed by atoms with Gasteiger partial charge in [0.1, 0.15) is 0 Å². The Morgan fingerprint density at radius 3 is 2.29 bits per heavy atom. The van der Waals surface area contributed by atoms with Crippen molar-refractivity contribution in [2.24, 2.45) is 0 Å². The van der Waals surface area contributed by atoms with Crippen LogP contribution in [-0.2, 0) is 0 Å². The zero-order chi connectivity index (χ0) is 18.5. The van der Waals surface area contributed by atoms with Crippen LogP contribution in [-0.4, -0.2) is 15.0 Å². The van der Waals surface area contributed by atoms with E-state index in [2.05, 4.69) is 53.5 Å². The average Bonchev–Trinajstić information content (AvgIpc) is 2.78. The minimum absolute atomic E-state index is 0.931. The second-order valence-electron chi connectivity index (χ2n) is 6.94. The molecule has 3 aromatic heterocycles. The molecular weight excluding hydrogens is 342 g/mol. The molecule has 28 heavy (non-hydrogen) atoms. The van der Waals surface area contributed by atoms with Crippen LogP contribution in [0.4, 0.5) is 0 Å². The minimum Gasteiger partial charge on any atom is -0.254 e. The van der Waals surface area contributed by atoms with Crippen molar-refractivity contribution in [2.45, 2.75) is 0 Å². The molecule has 0 aliphatic carbocycles.